The minimum atomic E-state index is -0.534. The van der Waals surface area contributed by atoms with Crippen LogP contribution in [0, 0.1) is 6.92 Å². The van der Waals surface area contributed by atoms with Gasteiger partial charge in [0.25, 0.3) is 5.91 Å². The van der Waals surface area contributed by atoms with Crippen LogP contribution in [0.1, 0.15) is 34.8 Å². The fraction of sp³-hybridized carbons (Fsp3) is 0.316. The van der Waals surface area contributed by atoms with E-state index in [9.17, 15) is 4.79 Å². The number of rotatable bonds is 3. The highest BCUT2D eigenvalue weighted by molar-refractivity contribution is 7.59. The number of anilines is 1. The summed E-state index contributed by atoms with van der Waals surface area (Å²) in [5, 5.41) is 8.80. The van der Waals surface area contributed by atoms with Crippen molar-refractivity contribution in [3.8, 4) is 5.75 Å². The largest absolute Gasteiger partial charge is 0.491 e. The molecule has 1 aliphatic heterocycles. The normalized spacial score (nSPS) is 16.1. The summed E-state index contributed by atoms with van der Waals surface area (Å²) >= 11 is 0. The second-order valence-electron chi connectivity index (χ2n) is 6.05. The number of nitrogens with zero attached hydrogens (tertiary/aromatic N) is 1. The van der Waals surface area contributed by atoms with Crippen LogP contribution < -0.4 is 15.1 Å². The Bertz CT molecular complexity index is 751. The van der Waals surface area contributed by atoms with Crippen LogP contribution in [-0.2, 0) is 6.54 Å². The van der Waals surface area contributed by atoms with E-state index in [2.05, 4.69) is 36.9 Å². The third kappa shape index (κ3) is 3.91. The zero-order valence-corrected chi connectivity index (χ0v) is 15.5. The summed E-state index contributed by atoms with van der Waals surface area (Å²) < 4.78 is 5.98. The van der Waals surface area contributed by atoms with Gasteiger partial charge in [0.2, 0.25) is 0 Å². The Morgan fingerprint density at radius 2 is 2.08 bits per heavy atom. The van der Waals surface area contributed by atoms with Crippen molar-refractivity contribution in [2.45, 2.75) is 32.9 Å². The van der Waals surface area contributed by atoms with E-state index in [0.29, 0.717) is 17.9 Å². The number of carbonyl (C=O) groups excluding carboxylic acids is 1. The Hall–Kier alpha value is -2.18. The van der Waals surface area contributed by atoms with Crippen LogP contribution >= 0.6 is 13.5 Å². The Morgan fingerprint density at radius 3 is 2.76 bits per heavy atom. The second-order valence-corrected chi connectivity index (χ2v) is 6.05. The summed E-state index contributed by atoms with van der Waals surface area (Å²) in [5.74, 6) is 0.166. The van der Waals surface area contributed by atoms with Crippen molar-refractivity contribution in [1.29, 1.82) is 0 Å². The van der Waals surface area contributed by atoms with Gasteiger partial charge in [0.05, 0.1) is 6.04 Å². The van der Waals surface area contributed by atoms with E-state index in [1.807, 2.05) is 12.1 Å². The van der Waals surface area contributed by atoms with E-state index in [1.165, 1.54) is 11.3 Å². The number of amides is 1. The molecular weight excluding hydrogens is 336 g/mol. The molecule has 1 amide bonds. The number of hydrogen-bond acceptors (Lipinski definition) is 4. The molecule has 0 spiro atoms. The van der Waals surface area contributed by atoms with Crippen LogP contribution in [0.15, 0.2) is 42.5 Å². The maximum atomic E-state index is 11.6. The molecule has 25 heavy (non-hydrogen) atoms. The molecule has 2 aromatic carbocycles. The van der Waals surface area contributed by atoms with Crippen molar-refractivity contribution in [2.75, 3.05) is 11.5 Å². The van der Waals surface area contributed by atoms with Gasteiger partial charge in [0, 0.05) is 23.4 Å². The van der Waals surface area contributed by atoms with Crippen molar-refractivity contribution in [3.05, 3.63) is 59.2 Å². The Kier molecular flexibility index (Phi) is 6.33. The van der Waals surface area contributed by atoms with E-state index < -0.39 is 5.91 Å². The molecule has 0 bridgehead atoms. The molecule has 0 radical (unpaired) electrons. The molecule has 0 unspecified atom stereocenters. The first kappa shape index (κ1) is 19.1. The molecule has 0 aliphatic carbocycles. The molecule has 5 nitrogen and oxygen atoms in total. The average molecular weight is 360 g/mol. The monoisotopic (exact) mass is 360 g/mol. The van der Waals surface area contributed by atoms with Gasteiger partial charge in [-0.15, -0.1) is 0 Å². The van der Waals surface area contributed by atoms with Crippen molar-refractivity contribution in [2.24, 2.45) is 0 Å². The average Bonchev–Trinajstić information content (AvgIpc) is 2.80. The van der Waals surface area contributed by atoms with Crippen LogP contribution in [0.3, 0.4) is 0 Å². The van der Waals surface area contributed by atoms with Gasteiger partial charge in [-0.25, -0.2) is 5.48 Å². The van der Waals surface area contributed by atoms with Gasteiger partial charge < -0.3 is 9.64 Å². The van der Waals surface area contributed by atoms with Gasteiger partial charge in [-0.2, -0.15) is 13.5 Å². The van der Waals surface area contributed by atoms with Crippen LogP contribution in [0.25, 0.3) is 0 Å². The first-order valence-corrected chi connectivity index (χ1v) is 8.16. The maximum absolute atomic E-state index is 11.6. The maximum Gasteiger partial charge on any atom is 0.274 e. The molecular formula is C19H24N2O3S. The minimum Gasteiger partial charge on any atom is -0.491 e. The number of nitrogens with one attached hydrogen (secondary N) is 1. The zero-order valence-electron chi connectivity index (χ0n) is 14.5. The lowest BCUT2D eigenvalue weighted by Gasteiger charge is -2.31. The van der Waals surface area contributed by atoms with E-state index >= 15 is 0 Å². The highest BCUT2D eigenvalue weighted by Crippen LogP contribution is 2.32. The summed E-state index contributed by atoms with van der Waals surface area (Å²) in [6, 6.07) is 13.9. The quantitative estimate of drug-likeness (QED) is 0.650. The first-order chi connectivity index (χ1) is 11.6. The van der Waals surface area contributed by atoms with Crippen molar-refractivity contribution in [3.63, 3.8) is 0 Å². The third-order valence-corrected chi connectivity index (χ3v) is 4.54. The molecule has 1 atom stereocenters. The minimum absolute atomic E-state index is 0. The summed E-state index contributed by atoms with van der Waals surface area (Å²) in [6.45, 7) is 5.55. The summed E-state index contributed by atoms with van der Waals surface area (Å²) in [6.07, 6.45) is 0.965. The number of hydrogen-bond donors (Lipinski definition) is 2. The Labute approximate surface area is 155 Å². The van der Waals surface area contributed by atoms with Gasteiger partial charge in [-0.05, 0) is 37.1 Å². The van der Waals surface area contributed by atoms with Gasteiger partial charge in [-0.3, -0.25) is 10.0 Å². The summed E-state index contributed by atoms with van der Waals surface area (Å²) in [4.78, 5) is 14.0. The second kappa shape index (κ2) is 8.27. The van der Waals surface area contributed by atoms with Crippen LogP contribution in [0.4, 0.5) is 5.69 Å². The van der Waals surface area contributed by atoms with Gasteiger partial charge in [-0.1, -0.05) is 31.2 Å². The smallest absolute Gasteiger partial charge is 0.274 e. The Balaban J connectivity index is 0.00000225. The summed E-state index contributed by atoms with van der Waals surface area (Å²) in [5.41, 5.74) is 5.51. The third-order valence-electron chi connectivity index (χ3n) is 4.54. The van der Waals surface area contributed by atoms with Crippen molar-refractivity contribution < 1.29 is 14.7 Å². The fourth-order valence-corrected chi connectivity index (χ4v) is 3.12. The summed E-state index contributed by atoms with van der Waals surface area (Å²) in [7, 11) is 0. The van der Waals surface area contributed by atoms with Crippen molar-refractivity contribution in [1.82, 2.24) is 5.48 Å². The Morgan fingerprint density at radius 1 is 1.32 bits per heavy atom. The number of ether oxygens (including phenoxy) is 1. The van der Waals surface area contributed by atoms with E-state index in [4.69, 9.17) is 9.94 Å². The lowest BCUT2D eigenvalue weighted by atomic mass is 10.1. The molecule has 2 aromatic rings. The number of para-hydroxylation sites is 1. The topological polar surface area (TPSA) is 61.8 Å². The van der Waals surface area contributed by atoms with E-state index in [-0.39, 0.29) is 19.5 Å². The number of carbonyl (C=O) groups is 1. The molecule has 0 saturated carbocycles. The van der Waals surface area contributed by atoms with Crippen LogP contribution in [0.2, 0.25) is 0 Å². The number of aryl methyl sites for hydroxylation is 1. The standard InChI is InChI=1S/C19H22N2O3.H2S/c1-3-16-12-24-18-10-14(19(22)20-23)8-9-15(18)11-21(16)17-7-5-4-6-13(17)2;/h4-10,16,23H,3,11-12H2,1-2H3,(H,20,22);1H2/t16-;/m0./s1. The highest BCUT2D eigenvalue weighted by Gasteiger charge is 2.25. The molecule has 0 fully saturated rings. The molecule has 3 rings (SSSR count). The van der Waals surface area contributed by atoms with Crippen LogP contribution in [0.5, 0.6) is 5.75 Å². The zero-order chi connectivity index (χ0) is 17.1. The highest BCUT2D eigenvalue weighted by atomic mass is 32.1. The predicted molar refractivity (Wildman–Crippen MR) is 103 cm³/mol. The predicted octanol–water partition coefficient (Wildman–Crippen LogP) is 3.40. The number of hydroxylamine groups is 1. The van der Waals surface area contributed by atoms with Gasteiger partial charge >= 0.3 is 0 Å². The molecule has 6 heteroatoms. The number of benzene rings is 2. The lowest BCUT2D eigenvalue weighted by molar-refractivity contribution is 0.0706. The molecule has 134 valence electrons. The molecule has 0 aromatic heterocycles. The molecule has 0 saturated heterocycles. The van der Waals surface area contributed by atoms with Gasteiger partial charge in [0.15, 0.2) is 0 Å². The van der Waals surface area contributed by atoms with Crippen molar-refractivity contribution >= 4 is 25.1 Å². The van der Waals surface area contributed by atoms with Gasteiger partial charge in [0.1, 0.15) is 12.4 Å². The van der Waals surface area contributed by atoms with Crippen LogP contribution in [-0.4, -0.2) is 23.8 Å². The van der Waals surface area contributed by atoms with E-state index in [0.717, 1.165) is 18.5 Å². The first-order valence-electron chi connectivity index (χ1n) is 8.16. The number of fused-ring (bicyclic) bond motifs is 1. The molecule has 1 aliphatic rings. The lowest BCUT2D eigenvalue weighted by Crippen LogP contribution is -2.37. The molecule has 1 heterocycles. The van der Waals surface area contributed by atoms with E-state index in [1.54, 1.807) is 17.6 Å². The fourth-order valence-electron chi connectivity index (χ4n) is 3.12. The molecule has 2 N–H and O–H groups in total. The SMILES string of the molecule is CC[C@H]1COc2cc(C(=O)NO)ccc2CN1c1ccccc1C.S.